The van der Waals surface area contributed by atoms with Crippen LogP contribution < -0.4 is 5.32 Å². The topological polar surface area (TPSA) is 62.3 Å². The Morgan fingerprint density at radius 1 is 1.18 bits per heavy atom. The van der Waals surface area contributed by atoms with Gasteiger partial charge in [0.05, 0.1) is 15.6 Å². The average Bonchev–Trinajstić information content (AvgIpc) is 3.35. The monoisotopic (exact) mass is 497 g/mol. The third kappa shape index (κ3) is 5.93. The highest BCUT2D eigenvalue weighted by Gasteiger charge is 2.32. The number of benzene rings is 2. The number of aryl methyl sites for hydroxylation is 1. The minimum absolute atomic E-state index is 0.145. The van der Waals surface area contributed by atoms with Crippen LogP contribution in [0.5, 0.6) is 0 Å². The molecule has 0 spiro atoms. The first-order valence-corrected chi connectivity index (χ1v) is 12.3. The van der Waals surface area contributed by atoms with E-state index in [1.165, 1.54) is 28.8 Å². The molecule has 33 heavy (non-hydrogen) atoms. The highest BCUT2D eigenvalue weighted by molar-refractivity contribution is 8.26. The molecule has 1 aliphatic rings. The minimum atomic E-state index is -0.337. The van der Waals surface area contributed by atoms with Crippen molar-refractivity contribution in [1.82, 2.24) is 15.2 Å². The second kappa shape index (κ2) is 10.4. The van der Waals surface area contributed by atoms with Crippen LogP contribution in [0.25, 0.3) is 17.3 Å². The molecule has 0 unspecified atom stereocenters. The maximum atomic E-state index is 13.1. The zero-order valence-electron chi connectivity index (χ0n) is 17.7. The van der Waals surface area contributed by atoms with E-state index >= 15 is 0 Å². The molecule has 1 aliphatic heterocycles. The van der Waals surface area contributed by atoms with E-state index in [2.05, 4.69) is 10.3 Å². The van der Waals surface area contributed by atoms with Gasteiger partial charge in [-0.3, -0.25) is 14.5 Å². The van der Waals surface area contributed by atoms with Crippen LogP contribution in [0.2, 0.25) is 0 Å². The number of hydrogen-bond donors (Lipinski definition) is 1. The highest BCUT2D eigenvalue weighted by Crippen LogP contribution is 2.32. The molecule has 2 aromatic carbocycles. The smallest absolute Gasteiger partial charge is 0.266 e. The largest absolute Gasteiger partial charge is 0.352 e. The van der Waals surface area contributed by atoms with Gasteiger partial charge in [-0.25, -0.2) is 9.37 Å². The number of thiocarbonyl (C=S) groups is 1. The summed E-state index contributed by atoms with van der Waals surface area (Å²) in [6.07, 6.45) is 1.82. The maximum absolute atomic E-state index is 13.1. The minimum Gasteiger partial charge on any atom is -0.352 e. The van der Waals surface area contributed by atoms with Crippen LogP contribution in [0.15, 0.2) is 58.8 Å². The number of thioether (sulfide) groups is 1. The Labute approximate surface area is 204 Å². The van der Waals surface area contributed by atoms with Gasteiger partial charge in [0, 0.05) is 30.5 Å². The molecule has 2 heterocycles. The Balaban J connectivity index is 1.27. The fourth-order valence-corrected chi connectivity index (χ4v) is 5.13. The second-order valence-corrected chi connectivity index (χ2v) is 10.1. The molecular formula is C24H20FN3O2S3. The Morgan fingerprint density at radius 2 is 1.91 bits per heavy atom. The Bertz CT molecular complexity index is 1220. The summed E-state index contributed by atoms with van der Waals surface area (Å²) >= 11 is 8.10. The summed E-state index contributed by atoms with van der Waals surface area (Å²) in [5.74, 6) is -0.739. The number of amides is 2. The lowest BCUT2D eigenvalue weighted by atomic mass is 10.1. The first kappa shape index (κ1) is 23.3. The van der Waals surface area contributed by atoms with Crippen molar-refractivity contribution in [2.24, 2.45) is 0 Å². The maximum Gasteiger partial charge on any atom is 0.266 e. The van der Waals surface area contributed by atoms with Gasteiger partial charge in [0.1, 0.15) is 10.1 Å². The summed E-state index contributed by atoms with van der Waals surface area (Å²) in [6.45, 7) is 2.58. The summed E-state index contributed by atoms with van der Waals surface area (Å²) in [4.78, 5) is 31.4. The van der Waals surface area contributed by atoms with Crippen LogP contribution in [0, 0.1) is 12.7 Å². The Kier molecular flexibility index (Phi) is 7.32. The molecule has 1 aromatic heterocycles. The number of thiazole rings is 1. The first-order valence-electron chi connectivity index (χ1n) is 10.2. The lowest BCUT2D eigenvalue weighted by molar-refractivity contribution is -0.123. The van der Waals surface area contributed by atoms with Crippen LogP contribution >= 0.6 is 35.3 Å². The molecule has 2 amide bonds. The molecular weight excluding hydrogens is 477 g/mol. The summed E-state index contributed by atoms with van der Waals surface area (Å²) in [6, 6.07) is 13.8. The van der Waals surface area contributed by atoms with Gasteiger partial charge >= 0.3 is 0 Å². The van der Waals surface area contributed by atoms with Crippen molar-refractivity contribution in [2.75, 3.05) is 6.54 Å². The van der Waals surface area contributed by atoms with Gasteiger partial charge in [-0.1, -0.05) is 60.4 Å². The molecule has 1 saturated heterocycles. The number of hydrogen-bond acceptors (Lipinski definition) is 6. The third-order valence-corrected chi connectivity index (χ3v) is 7.11. The fourth-order valence-electron chi connectivity index (χ4n) is 3.19. The molecule has 1 N–H and O–H groups in total. The standard InChI is InChI=1S/C24H20FN3O2S3/c1-15-27-20(14-32-15)18-6-2-17(3-7-18)13-26-22(29)10-11-28-23(30)21(33-24(28)31)12-16-4-8-19(25)9-5-16/h2-9,12,14H,10-11,13H2,1H3,(H,26,29)/b21-12-. The summed E-state index contributed by atoms with van der Waals surface area (Å²) in [7, 11) is 0. The normalized spacial score (nSPS) is 14.8. The van der Waals surface area contributed by atoms with Gasteiger partial charge in [-0.2, -0.15) is 0 Å². The lowest BCUT2D eigenvalue weighted by Gasteiger charge is -2.14. The number of rotatable bonds is 7. The lowest BCUT2D eigenvalue weighted by Crippen LogP contribution is -2.33. The predicted molar refractivity (Wildman–Crippen MR) is 135 cm³/mol. The van der Waals surface area contributed by atoms with Gasteiger partial charge in [0.2, 0.25) is 5.91 Å². The number of nitrogens with zero attached hydrogens (tertiary/aromatic N) is 2. The summed E-state index contributed by atoms with van der Waals surface area (Å²) < 4.78 is 13.5. The third-order valence-electron chi connectivity index (χ3n) is 4.96. The Morgan fingerprint density at radius 3 is 2.58 bits per heavy atom. The summed E-state index contributed by atoms with van der Waals surface area (Å²) in [5, 5.41) is 5.93. The SMILES string of the molecule is Cc1nc(-c2ccc(CNC(=O)CCN3C(=O)/C(=C/c4ccc(F)cc4)SC3=S)cc2)cs1. The molecule has 0 aliphatic carbocycles. The number of nitrogens with one attached hydrogen (secondary N) is 1. The quantitative estimate of drug-likeness (QED) is 0.361. The van der Waals surface area contributed by atoms with Gasteiger partial charge < -0.3 is 5.32 Å². The van der Waals surface area contributed by atoms with Crippen LogP contribution in [0.3, 0.4) is 0 Å². The van der Waals surface area contributed by atoms with Crippen molar-refractivity contribution in [1.29, 1.82) is 0 Å². The van der Waals surface area contributed by atoms with Crippen molar-refractivity contribution < 1.29 is 14.0 Å². The van der Waals surface area contributed by atoms with E-state index in [1.807, 2.05) is 36.6 Å². The fraction of sp³-hybridized carbons (Fsp3) is 0.167. The van der Waals surface area contributed by atoms with Gasteiger partial charge in [0.25, 0.3) is 5.91 Å². The molecule has 4 rings (SSSR count). The van der Waals surface area contributed by atoms with E-state index < -0.39 is 0 Å². The van der Waals surface area contributed by atoms with Crippen LogP contribution in [0.4, 0.5) is 4.39 Å². The van der Waals surface area contributed by atoms with E-state index in [0.29, 0.717) is 21.3 Å². The number of halogens is 1. The molecule has 3 aromatic rings. The van der Waals surface area contributed by atoms with Crippen molar-refractivity contribution in [3.8, 4) is 11.3 Å². The highest BCUT2D eigenvalue weighted by atomic mass is 32.2. The van der Waals surface area contributed by atoms with Gasteiger partial charge in [-0.15, -0.1) is 11.3 Å². The van der Waals surface area contributed by atoms with E-state index in [4.69, 9.17) is 12.2 Å². The number of carbonyl (C=O) groups is 2. The molecule has 0 atom stereocenters. The molecule has 5 nitrogen and oxygen atoms in total. The van der Waals surface area contributed by atoms with Crippen molar-refractivity contribution >= 4 is 57.5 Å². The summed E-state index contributed by atoms with van der Waals surface area (Å²) in [5.41, 5.74) is 3.68. The predicted octanol–water partition coefficient (Wildman–Crippen LogP) is 5.17. The zero-order chi connectivity index (χ0) is 23.4. The molecule has 0 bridgehead atoms. The van der Waals surface area contributed by atoms with Crippen LogP contribution in [-0.4, -0.2) is 32.6 Å². The average molecular weight is 498 g/mol. The van der Waals surface area contributed by atoms with Crippen molar-refractivity contribution in [2.45, 2.75) is 19.9 Å². The van der Waals surface area contributed by atoms with E-state index in [-0.39, 0.29) is 30.6 Å². The number of carbonyl (C=O) groups excluding carboxylic acids is 2. The van der Waals surface area contributed by atoms with Gasteiger partial charge in [0.15, 0.2) is 0 Å². The Hall–Kier alpha value is -2.88. The van der Waals surface area contributed by atoms with E-state index in [1.54, 1.807) is 29.5 Å². The second-order valence-electron chi connectivity index (χ2n) is 7.36. The zero-order valence-corrected chi connectivity index (χ0v) is 20.2. The van der Waals surface area contributed by atoms with Crippen molar-refractivity contribution in [3.05, 3.63) is 80.8 Å². The van der Waals surface area contributed by atoms with Crippen molar-refractivity contribution in [3.63, 3.8) is 0 Å². The molecule has 0 saturated carbocycles. The first-order chi connectivity index (χ1) is 15.9. The van der Waals surface area contributed by atoms with E-state index in [9.17, 15) is 14.0 Å². The van der Waals surface area contributed by atoms with Crippen LogP contribution in [-0.2, 0) is 16.1 Å². The molecule has 1 fully saturated rings. The van der Waals surface area contributed by atoms with Gasteiger partial charge in [-0.05, 0) is 36.3 Å². The van der Waals surface area contributed by atoms with Crippen LogP contribution in [0.1, 0.15) is 22.6 Å². The molecule has 0 radical (unpaired) electrons. The number of aromatic nitrogens is 1. The molecule has 9 heteroatoms. The molecule has 168 valence electrons. The van der Waals surface area contributed by atoms with E-state index in [0.717, 1.165) is 21.8 Å².